The van der Waals surface area contributed by atoms with Crippen molar-refractivity contribution in [2.45, 2.75) is 31.3 Å². The Kier molecular flexibility index (Phi) is 5.10. The third kappa shape index (κ3) is 3.68. The Morgan fingerprint density at radius 3 is 2.78 bits per heavy atom. The molecule has 0 radical (unpaired) electrons. The first kappa shape index (κ1) is 18.0. The zero-order valence-corrected chi connectivity index (χ0v) is 15.6. The van der Waals surface area contributed by atoms with Gasteiger partial charge in [0.05, 0.1) is 17.3 Å². The molecule has 0 bridgehead atoms. The van der Waals surface area contributed by atoms with Gasteiger partial charge in [-0.3, -0.25) is 14.7 Å². The molecule has 1 saturated heterocycles. The van der Waals surface area contributed by atoms with Crippen LogP contribution in [0.1, 0.15) is 36.6 Å². The summed E-state index contributed by atoms with van der Waals surface area (Å²) < 4.78 is 0. The Balaban J connectivity index is 1.85. The lowest BCUT2D eigenvalue weighted by Crippen LogP contribution is -2.47. The summed E-state index contributed by atoms with van der Waals surface area (Å²) in [5.74, 6) is -0.775. The van der Waals surface area contributed by atoms with Gasteiger partial charge in [-0.05, 0) is 49.2 Å². The lowest BCUT2D eigenvalue weighted by atomic mass is 9.94. The van der Waals surface area contributed by atoms with E-state index >= 15 is 0 Å². The quantitative estimate of drug-likeness (QED) is 0.698. The van der Waals surface area contributed by atoms with E-state index in [0.717, 1.165) is 41.5 Å². The van der Waals surface area contributed by atoms with Crippen LogP contribution in [0, 0.1) is 0 Å². The molecule has 2 heterocycles. The molecule has 4 rings (SSSR count). The second kappa shape index (κ2) is 7.67. The molecule has 0 aliphatic carbocycles. The number of likely N-dealkylation sites (tertiary alicyclic amines) is 1. The van der Waals surface area contributed by atoms with Crippen molar-refractivity contribution >= 4 is 28.5 Å². The number of carboxylic acids is 1. The van der Waals surface area contributed by atoms with E-state index in [0.29, 0.717) is 11.4 Å². The summed E-state index contributed by atoms with van der Waals surface area (Å²) in [4.78, 5) is 18.9. The molecule has 1 aromatic heterocycles. The Bertz CT molecular complexity index is 975. The summed E-state index contributed by atoms with van der Waals surface area (Å²) in [6.45, 7) is 0.725. The van der Waals surface area contributed by atoms with E-state index < -0.39 is 12.0 Å². The molecule has 0 spiro atoms. The molecule has 1 N–H and O–H groups in total. The van der Waals surface area contributed by atoms with Crippen LogP contribution in [-0.4, -0.2) is 33.5 Å². The summed E-state index contributed by atoms with van der Waals surface area (Å²) in [5.41, 5.74) is 2.73. The predicted molar refractivity (Wildman–Crippen MR) is 107 cm³/mol. The summed E-state index contributed by atoms with van der Waals surface area (Å²) in [5, 5.41) is 11.5. The normalized spacial score (nSPS) is 19.1. The lowest BCUT2D eigenvalue weighted by Gasteiger charge is -2.39. The number of aromatic nitrogens is 1. The van der Waals surface area contributed by atoms with Gasteiger partial charge >= 0.3 is 5.97 Å². The first-order chi connectivity index (χ1) is 13.1. The molecule has 27 heavy (non-hydrogen) atoms. The van der Waals surface area contributed by atoms with Crippen LogP contribution < -0.4 is 0 Å². The number of rotatable bonds is 4. The first-order valence-corrected chi connectivity index (χ1v) is 9.61. The zero-order chi connectivity index (χ0) is 18.8. The topological polar surface area (TPSA) is 53.4 Å². The number of pyridine rings is 1. The maximum Gasteiger partial charge on any atom is 0.320 e. The zero-order valence-electron chi connectivity index (χ0n) is 14.9. The molecule has 1 aliphatic heterocycles. The number of para-hydroxylation sites is 1. The molecular formula is C22H21ClN2O2. The minimum atomic E-state index is -0.775. The summed E-state index contributed by atoms with van der Waals surface area (Å²) in [7, 11) is 0. The summed E-state index contributed by atoms with van der Waals surface area (Å²) >= 11 is 6.25. The van der Waals surface area contributed by atoms with Crippen molar-refractivity contribution in [3.63, 3.8) is 0 Å². The SMILES string of the molecule is O=C(O)C1CCCCN1C(c1cccc(Cl)c1)c1ccc2ccccc2n1. The average molecular weight is 381 g/mol. The molecule has 2 aromatic carbocycles. The van der Waals surface area contributed by atoms with Crippen molar-refractivity contribution in [3.8, 4) is 0 Å². The largest absolute Gasteiger partial charge is 0.480 e. The monoisotopic (exact) mass is 380 g/mol. The van der Waals surface area contributed by atoms with Crippen molar-refractivity contribution in [2.24, 2.45) is 0 Å². The maximum absolute atomic E-state index is 11.9. The molecule has 3 aromatic rings. The van der Waals surface area contributed by atoms with Gasteiger partial charge in [-0.2, -0.15) is 0 Å². The number of carboxylic acid groups (broad SMARTS) is 1. The van der Waals surface area contributed by atoms with Gasteiger partial charge < -0.3 is 5.11 Å². The number of benzene rings is 2. The van der Waals surface area contributed by atoms with Crippen LogP contribution in [0.25, 0.3) is 10.9 Å². The van der Waals surface area contributed by atoms with Crippen LogP contribution >= 0.6 is 11.6 Å². The number of fused-ring (bicyclic) bond motifs is 1. The second-order valence-corrected chi connectivity index (χ2v) is 7.41. The highest BCUT2D eigenvalue weighted by molar-refractivity contribution is 6.30. The number of piperidine rings is 1. The summed E-state index contributed by atoms with van der Waals surface area (Å²) in [6, 6.07) is 18.9. The molecule has 2 atom stereocenters. The maximum atomic E-state index is 11.9. The predicted octanol–water partition coefficient (Wildman–Crippen LogP) is 4.92. The van der Waals surface area contributed by atoms with Gasteiger partial charge in [0, 0.05) is 10.4 Å². The van der Waals surface area contributed by atoms with Gasteiger partial charge in [0.2, 0.25) is 0 Å². The van der Waals surface area contributed by atoms with Crippen molar-refractivity contribution in [1.29, 1.82) is 0 Å². The number of hydrogen-bond acceptors (Lipinski definition) is 3. The van der Waals surface area contributed by atoms with Crippen LogP contribution in [0.2, 0.25) is 5.02 Å². The highest BCUT2D eigenvalue weighted by Gasteiger charge is 2.35. The van der Waals surface area contributed by atoms with E-state index in [-0.39, 0.29) is 6.04 Å². The molecular weight excluding hydrogens is 360 g/mol. The highest BCUT2D eigenvalue weighted by Crippen LogP contribution is 2.35. The van der Waals surface area contributed by atoms with Gasteiger partial charge in [-0.15, -0.1) is 0 Å². The van der Waals surface area contributed by atoms with Gasteiger partial charge in [-0.25, -0.2) is 0 Å². The molecule has 138 valence electrons. The van der Waals surface area contributed by atoms with Crippen LogP contribution in [0.15, 0.2) is 60.7 Å². The fraction of sp³-hybridized carbons (Fsp3) is 0.273. The number of aliphatic carboxylic acids is 1. The van der Waals surface area contributed by atoms with Crippen molar-refractivity contribution < 1.29 is 9.90 Å². The fourth-order valence-corrected chi connectivity index (χ4v) is 4.17. The molecule has 0 amide bonds. The van der Waals surface area contributed by atoms with E-state index in [1.165, 1.54) is 0 Å². The molecule has 0 saturated carbocycles. The van der Waals surface area contributed by atoms with E-state index in [9.17, 15) is 9.90 Å². The number of hydrogen-bond donors (Lipinski definition) is 1. The van der Waals surface area contributed by atoms with E-state index in [1.54, 1.807) is 0 Å². The Labute approximate surface area is 163 Å². The van der Waals surface area contributed by atoms with Crippen molar-refractivity contribution in [2.75, 3.05) is 6.54 Å². The van der Waals surface area contributed by atoms with E-state index in [4.69, 9.17) is 16.6 Å². The molecule has 2 unspecified atom stereocenters. The highest BCUT2D eigenvalue weighted by atomic mass is 35.5. The molecule has 1 aliphatic rings. The Hall–Kier alpha value is -2.43. The lowest BCUT2D eigenvalue weighted by molar-refractivity contribution is -0.145. The second-order valence-electron chi connectivity index (χ2n) is 6.97. The van der Waals surface area contributed by atoms with Crippen molar-refractivity contribution in [3.05, 3.63) is 76.9 Å². The first-order valence-electron chi connectivity index (χ1n) is 9.23. The standard InChI is InChI=1S/C22H21ClN2O2/c23-17-8-5-7-16(14-17)21(25-13-4-3-10-20(25)22(26)27)19-12-11-15-6-1-2-9-18(15)24-19/h1-2,5-9,11-12,14,20-21H,3-4,10,13H2,(H,26,27). The Morgan fingerprint density at radius 1 is 1.11 bits per heavy atom. The van der Waals surface area contributed by atoms with Crippen LogP contribution in [0.5, 0.6) is 0 Å². The molecule has 5 heteroatoms. The van der Waals surface area contributed by atoms with E-state index in [1.807, 2.05) is 54.6 Å². The van der Waals surface area contributed by atoms with Crippen molar-refractivity contribution in [1.82, 2.24) is 9.88 Å². The number of carbonyl (C=O) groups is 1. The molecule has 1 fully saturated rings. The van der Waals surface area contributed by atoms with E-state index in [2.05, 4.69) is 11.0 Å². The fourth-order valence-electron chi connectivity index (χ4n) is 3.97. The third-order valence-electron chi connectivity index (χ3n) is 5.23. The molecule has 4 nitrogen and oxygen atoms in total. The van der Waals surface area contributed by atoms with Crippen LogP contribution in [0.4, 0.5) is 0 Å². The minimum absolute atomic E-state index is 0.241. The minimum Gasteiger partial charge on any atom is -0.480 e. The van der Waals surface area contributed by atoms with Crippen LogP contribution in [0.3, 0.4) is 0 Å². The van der Waals surface area contributed by atoms with Gasteiger partial charge in [0.25, 0.3) is 0 Å². The van der Waals surface area contributed by atoms with Gasteiger partial charge in [0.1, 0.15) is 6.04 Å². The summed E-state index contributed by atoms with van der Waals surface area (Å²) in [6.07, 6.45) is 2.56. The number of halogens is 1. The average Bonchev–Trinajstić information content (AvgIpc) is 2.68. The van der Waals surface area contributed by atoms with Crippen LogP contribution in [-0.2, 0) is 4.79 Å². The smallest absolute Gasteiger partial charge is 0.320 e. The van der Waals surface area contributed by atoms with Gasteiger partial charge in [0.15, 0.2) is 0 Å². The third-order valence-corrected chi connectivity index (χ3v) is 5.46. The Morgan fingerprint density at radius 2 is 1.96 bits per heavy atom. The number of nitrogens with zero attached hydrogens (tertiary/aromatic N) is 2. The van der Waals surface area contributed by atoms with Gasteiger partial charge in [-0.1, -0.05) is 54.4 Å².